The Bertz CT molecular complexity index is 1550. The second-order valence-electron chi connectivity index (χ2n) is 10.1. The number of fused-ring (bicyclic) bond motifs is 2. The number of carboxylic acids is 2. The molecule has 10 nitrogen and oxygen atoms in total. The second kappa shape index (κ2) is 14.1. The summed E-state index contributed by atoms with van der Waals surface area (Å²) in [5, 5.41) is 19.9. The molecule has 0 saturated heterocycles. The van der Waals surface area contributed by atoms with E-state index in [4.69, 9.17) is 29.2 Å². The molecule has 12 heteroatoms. The Morgan fingerprint density at radius 3 is 1.88 bits per heavy atom. The summed E-state index contributed by atoms with van der Waals surface area (Å²) in [6.07, 6.45) is 0.441. The molecule has 0 aliphatic carbocycles. The van der Waals surface area contributed by atoms with Crippen LogP contribution in [0.15, 0.2) is 36.4 Å². The Morgan fingerprint density at radius 2 is 1.30 bits per heavy atom. The Kier molecular flexibility index (Phi) is 10.5. The van der Waals surface area contributed by atoms with Gasteiger partial charge in [0.1, 0.15) is 0 Å². The van der Waals surface area contributed by atoms with Crippen LogP contribution in [-0.4, -0.2) is 75.7 Å². The fourth-order valence-corrected chi connectivity index (χ4v) is 7.43. The van der Waals surface area contributed by atoms with E-state index in [9.17, 15) is 19.2 Å². The van der Waals surface area contributed by atoms with E-state index in [1.54, 1.807) is 25.3 Å². The van der Waals surface area contributed by atoms with Gasteiger partial charge in [-0.25, -0.2) is 0 Å². The molecular formula is C31H32O10SSe. The van der Waals surface area contributed by atoms with Gasteiger partial charge in [0.25, 0.3) is 0 Å². The number of carboxylic acid groups (broad SMARTS) is 2. The maximum atomic E-state index is 12.6. The van der Waals surface area contributed by atoms with Crippen LogP contribution >= 0.6 is 11.3 Å². The van der Waals surface area contributed by atoms with E-state index in [2.05, 4.69) is 0 Å². The van der Waals surface area contributed by atoms with Crippen LogP contribution < -0.4 is 18.9 Å². The molecule has 0 bridgehead atoms. The van der Waals surface area contributed by atoms with Gasteiger partial charge in [0.05, 0.1) is 10.8 Å². The van der Waals surface area contributed by atoms with Crippen molar-refractivity contribution < 1.29 is 48.3 Å². The summed E-state index contributed by atoms with van der Waals surface area (Å²) in [6.45, 7) is 3.70. The van der Waals surface area contributed by atoms with Gasteiger partial charge in [-0.05, 0) is 6.07 Å². The van der Waals surface area contributed by atoms with Crippen LogP contribution in [0, 0.1) is 11.8 Å². The summed E-state index contributed by atoms with van der Waals surface area (Å²) >= 11 is 1.03. The van der Waals surface area contributed by atoms with E-state index in [-0.39, 0.29) is 38.9 Å². The number of aliphatic carboxylic acids is 2. The van der Waals surface area contributed by atoms with Crippen molar-refractivity contribution in [2.45, 2.75) is 33.1 Å². The first kappa shape index (κ1) is 32.1. The molecule has 4 rings (SSSR count). The molecule has 228 valence electrons. The van der Waals surface area contributed by atoms with E-state index < -0.39 is 23.8 Å². The number of hydrogen-bond donors (Lipinski definition) is 2. The maximum absolute atomic E-state index is 12.6. The molecule has 0 aliphatic rings. The summed E-state index contributed by atoms with van der Waals surface area (Å²) in [5.74, 6) is -1.75. The first-order chi connectivity index (χ1) is 20.5. The quantitative estimate of drug-likeness (QED) is 0.0879. The number of hydrogen-bond acceptors (Lipinski definition) is 9. The molecule has 0 spiro atoms. The normalized spacial score (nSPS) is 12.6. The Labute approximate surface area is 257 Å². The SMILES string of the molecule is COc1cc2cc(C(=O)CC(C)C(=O)O)sc2cc1OCCCOc1cc2[se]c(C(=O)CC(C)C(=O)O)cc2cc1OC. The van der Waals surface area contributed by atoms with Gasteiger partial charge >= 0.3 is 208 Å². The van der Waals surface area contributed by atoms with Gasteiger partial charge in [-0.3, -0.25) is 9.59 Å². The number of benzene rings is 2. The van der Waals surface area contributed by atoms with E-state index in [0.29, 0.717) is 51.9 Å². The molecule has 43 heavy (non-hydrogen) atoms. The zero-order chi connectivity index (χ0) is 31.3. The molecule has 2 unspecified atom stereocenters. The monoisotopic (exact) mass is 676 g/mol. The van der Waals surface area contributed by atoms with Gasteiger partial charge in [-0.15, -0.1) is 0 Å². The van der Waals surface area contributed by atoms with Crippen LogP contribution in [0.1, 0.15) is 52.0 Å². The van der Waals surface area contributed by atoms with E-state index in [0.717, 1.165) is 19.7 Å². The number of carbonyl (C=O) groups excluding carboxylic acids is 2. The van der Waals surface area contributed by atoms with Crippen molar-refractivity contribution >= 4 is 69.1 Å². The predicted octanol–water partition coefficient (Wildman–Crippen LogP) is 5.56. The Balaban J connectivity index is 1.38. The average Bonchev–Trinajstić information content (AvgIpc) is 3.59. The zero-order valence-electron chi connectivity index (χ0n) is 24.1. The van der Waals surface area contributed by atoms with Crippen LogP contribution in [-0.2, 0) is 9.59 Å². The van der Waals surface area contributed by atoms with Gasteiger partial charge < -0.3 is 5.11 Å². The summed E-state index contributed by atoms with van der Waals surface area (Å²) < 4.78 is 25.4. The van der Waals surface area contributed by atoms with Gasteiger partial charge in [0.2, 0.25) is 0 Å². The van der Waals surface area contributed by atoms with Crippen LogP contribution in [0.4, 0.5) is 0 Å². The van der Waals surface area contributed by atoms with Crippen LogP contribution in [0.25, 0.3) is 19.7 Å². The van der Waals surface area contributed by atoms with Gasteiger partial charge in [0.15, 0.2) is 5.78 Å². The first-order valence-electron chi connectivity index (χ1n) is 13.5. The molecule has 2 heterocycles. The number of ketones is 2. The van der Waals surface area contributed by atoms with E-state index in [1.165, 1.54) is 32.3 Å². The number of ether oxygens (including phenoxy) is 4. The van der Waals surface area contributed by atoms with Crippen molar-refractivity contribution in [2.75, 3.05) is 27.4 Å². The number of methoxy groups -OCH3 is 2. The van der Waals surface area contributed by atoms with E-state index in [1.807, 2.05) is 18.2 Å². The summed E-state index contributed by atoms with van der Waals surface area (Å²) in [5.41, 5.74) is 0. The van der Waals surface area contributed by atoms with Crippen molar-refractivity contribution in [1.29, 1.82) is 0 Å². The van der Waals surface area contributed by atoms with Crippen LogP contribution in [0.5, 0.6) is 23.0 Å². The topological polar surface area (TPSA) is 146 Å². The number of carbonyl (C=O) groups is 4. The van der Waals surface area contributed by atoms with Gasteiger partial charge in [-0.1, -0.05) is 6.92 Å². The Hall–Kier alpha value is -3.86. The third-order valence-electron chi connectivity index (χ3n) is 6.78. The molecule has 2 N–H and O–H groups in total. The van der Waals surface area contributed by atoms with Crippen molar-refractivity contribution in [3.63, 3.8) is 0 Å². The molecule has 0 aliphatic heterocycles. The molecule has 0 radical (unpaired) electrons. The summed E-state index contributed by atoms with van der Waals surface area (Å²) in [4.78, 5) is 47.9. The van der Waals surface area contributed by atoms with Gasteiger partial charge in [-0.2, -0.15) is 0 Å². The molecule has 4 aromatic rings. The molecule has 0 amide bonds. The molecule has 0 saturated carbocycles. The number of rotatable bonds is 16. The van der Waals surface area contributed by atoms with Crippen molar-refractivity contribution in [3.8, 4) is 23.0 Å². The van der Waals surface area contributed by atoms with Crippen molar-refractivity contribution in [3.05, 3.63) is 45.7 Å². The molecule has 0 fully saturated rings. The minimum absolute atomic E-state index is 0.0348. The minimum atomic E-state index is -1.01. The summed E-state index contributed by atoms with van der Waals surface area (Å²) in [6, 6.07) is 10.9. The predicted molar refractivity (Wildman–Crippen MR) is 163 cm³/mol. The van der Waals surface area contributed by atoms with Crippen molar-refractivity contribution in [2.24, 2.45) is 11.8 Å². The third kappa shape index (κ3) is 7.76. The fourth-order valence-electron chi connectivity index (χ4n) is 4.27. The zero-order valence-corrected chi connectivity index (χ0v) is 26.7. The van der Waals surface area contributed by atoms with Crippen molar-refractivity contribution in [1.82, 2.24) is 0 Å². The first-order valence-corrected chi connectivity index (χ1v) is 16.0. The fraction of sp³-hybridized carbons (Fsp3) is 0.355. The molecule has 2 atom stereocenters. The standard InChI is InChI=1S/C31H32O10SSe/c1-16(30(34)35)8-20(32)27-12-18-10-22(38-3)24(14-26(18)42-27)40-6-5-7-41-25-15-28-19(11-23(25)39-4)13-29(43-28)21(33)9-17(2)31(36)37/h10-17H,5-9H2,1-4H3,(H,34,35)(H,36,37). The summed E-state index contributed by atoms with van der Waals surface area (Å²) in [7, 11) is 3.08. The van der Waals surface area contributed by atoms with Crippen LogP contribution in [0.3, 0.4) is 0 Å². The van der Waals surface area contributed by atoms with Gasteiger partial charge in [0, 0.05) is 6.42 Å². The molecular weight excluding hydrogens is 643 g/mol. The third-order valence-corrected chi connectivity index (χ3v) is 10.3. The van der Waals surface area contributed by atoms with Crippen LogP contribution in [0.2, 0.25) is 0 Å². The number of Topliss-reactive ketones (excluding diaryl/α,β-unsaturated/α-hetero) is 2. The average molecular weight is 676 g/mol. The molecule has 2 aromatic carbocycles. The Morgan fingerprint density at radius 1 is 0.744 bits per heavy atom. The van der Waals surface area contributed by atoms with E-state index >= 15 is 0 Å². The second-order valence-corrected chi connectivity index (χ2v) is 13.4. The number of thiophene rings is 1. The molecule has 2 aromatic heterocycles.